The minimum atomic E-state index is -1.61. The SMILES string of the molecule is CC1(O)C(=O)Nc2ccc(F)cc21. The third-order valence-electron chi connectivity index (χ3n) is 2.20. The number of anilines is 1. The van der Waals surface area contributed by atoms with E-state index < -0.39 is 17.3 Å². The van der Waals surface area contributed by atoms with Gasteiger partial charge in [-0.3, -0.25) is 4.79 Å². The highest BCUT2D eigenvalue weighted by Gasteiger charge is 2.40. The van der Waals surface area contributed by atoms with E-state index >= 15 is 0 Å². The molecule has 3 nitrogen and oxygen atoms in total. The Morgan fingerprint density at radius 1 is 1.54 bits per heavy atom. The van der Waals surface area contributed by atoms with E-state index in [2.05, 4.69) is 5.32 Å². The van der Waals surface area contributed by atoms with Crippen LogP contribution in [-0.4, -0.2) is 11.0 Å². The van der Waals surface area contributed by atoms with Crippen molar-refractivity contribution in [3.05, 3.63) is 29.6 Å². The number of carbonyl (C=O) groups excluding carboxylic acids is 1. The highest BCUT2D eigenvalue weighted by atomic mass is 19.1. The molecule has 0 bridgehead atoms. The molecule has 4 heteroatoms. The van der Waals surface area contributed by atoms with Crippen LogP contribution in [-0.2, 0) is 10.4 Å². The predicted molar refractivity (Wildman–Crippen MR) is 44.6 cm³/mol. The molecule has 1 unspecified atom stereocenters. The van der Waals surface area contributed by atoms with Crippen molar-refractivity contribution in [3.63, 3.8) is 0 Å². The molecule has 2 rings (SSSR count). The van der Waals surface area contributed by atoms with Gasteiger partial charge in [0.05, 0.1) is 0 Å². The number of hydrogen-bond acceptors (Lipinski definition) is 2. The number of aliphatic hydroxyl groups is 1. The van der Waals surface area contributed by atoms with E-state index in [0.717, 1.165) is 6.07 Å². The number of hydrogen-bond donors (Lipinski definition) is 2. The monoisotopic (exact) mass is 181 g/mol. The zero-order valence-electron chi connectivity index (χ0n) is 6.97. The first-order valence-corrected chi connectivity index (χ1v) is 3.85. The summed E-state index contributed by atoms with van der Waals surface area (Å²) in [4.78, 5) is 11.2. The van der Waals surface area contributed by atoms with Gasteiger partial charge in [-0.05, 0) is 25.1 Å². The third-order valence-corrected chi connectivity index (χ3v) is 2.20. The lowest BCUT2D eigenvalue weighted by atomic mass is 9.98. The zero-order chi connectivity index (χ0) is 9.64. The maximum atomic E-state index is 12.8. The predicted octanol–water partition coefficient (Wildman–Crippen LogP) is 0.985. The summed E-state index contributed by atoms with van der Waals surface area (Å²) in [5.74, 6) is -0.983. The van der Waals surface area contributed by atoms with Crippen molar-refractivity contribution in [1.82, 2.24) is 0 Å². The standard InChI is InChI=1S/C9H8FNO2/c1-9(13)6-4-5(10)2-3-7(6)11-8(9)12/h2-4,13H,1H3,(H,11,12). The molecule has 1 aliphatic heterocycles. The molecule has 0 saturated carbocycles. The number of fused-ring (bicyclic) bond motifs is 1. The van der Waals surface area contributed by atoms with Crippen LogP contribution in [0.2, 0.25) is 0 Å². The van der Waals surface area contributed by atoms with Crippen molar-refractivity contribution < 1.29 is 14.3 Å². The van der Waals surface area contributed by atoms with Crippen LogP contribution in [0.5, 0.6) is 0 Å². The van der Waals surface area contributed by atoms with E-state index in [1.165, 1.54) is 19.1 Å². The normalized spacial score (nSPS) is 25.6. The van der Waals surface area contributed by atoms with E-state index in [9.17, 15) is 14.3 Å². The smallest absolute Gasteiger partial charge is 0.260 e. The van der Waals surface area contributed by atoms with Gasteiger partial charge in [0.15, 0.2) is 5.60 Å². The van der Waals surface area contributed by atoms with Gasteiger partial charge in [-0.25, -0.2) is 4.39 Å². The molecule has 1 aromatic rings. The molecule has 1 amide bonds. The molecular formula is C9H8FNO2. The van der Waals surface area contributed by atoms with Gasteiger partial charge in [-0.15, -0.1) is 0 Å². The van der Waals surface area contributed by atoms with Crippen LogP contribution >= 0.6 is 0 Å². The summed E-state index contributed by atoms with van der Waals surface area (Å²) in [5, 5.41) is 12.1. The Labute approximate surface area is 74.2 Å². The van der Waals surface area contributed by atoms with Gasteiger partial charge in [-0.2, -0.15) is 0 Å². The second kappa shape index (κ2) is 2.29. The number of amides is 1. The Morgan fingerprint density at radius 3 is 2.92 bits per heavy atom. The minimum Gasteiger partial charge on any atom is -0.375 e. The Balaban J connectivity index is 2.64. The first-order valence-electron chi connectivity index (χ1n) is 3.85. The van der Waals surface area contributed by atoms with Crippen LogP contribution in [0.4, 0.5) is 10.1 Å². The molecule has 2 N–H and O–H groups in total. The second-order valence-corrected chi connectivity index (χ2v) is 3.22. The number of nitrogens with one attached hydrogen (secondary N) is 1. The molecule has 1 atom stereocenters. The first kappa shape index (κ1) is 8.19. The summed E-state index contributed by atoms with van der Waals surface area (Å²) in [6.45, 7) is 1.34. The molecule has 0 aromatic heterocycles. The van der Waals surface area contributed by atoms with Crippen molar-refractivity contribution in [2.45, 2.75) is 12.5 Å². The average molecular weight is 181 g/mol. The summed E-state index contributed by atoms with van der Waals surface area (Å²) < 4.78 is 12.8. The molecule has 1 aliphatic rings. The second-order valence-electron chi connectivity index (χ2n) is 3.22. The van der Waals surface area contributed by atoms with Crippen molar-refractivity contribution in [2.24, 2.45) is 0 Å². The molecule has 0 aliphatic carbocycles. The van der Waals surface area contributed by atoms with Gasteiger partial charge in [0.2, 0.25) is 0 Å². The molecule has 1 heterocycles. The Bertz CT molecular complexity index is 387. The number of rotatable bonds is 0. The van der Waals surface area contributed by atoms with Gasteiger partial charge < -0.3 is 10.4 Å². The fourth-order valence-corrected chi connectivity index (χ4v) is 1.39. The number of halogens is 1. The summed E-state index contributed by atoms with van der Waals surface area (Å²) in [7, 11) is 0. The van der Waals surface area contributed by atoms with Crippen LogP contribution in [0.3, 0.4) is 0 Å². The van der Waals surface area contributed by atoms with E-state index in [-0.39, 0.29) is 5.56 Å². The van der Waals surface area contributed by atoms with Crippen LogP contribution in [0.15, 0.2) is 18.2 Å². The molecule has 0 saturated heterocycles. The fraction of sp³-hybridized carbons (Fsp3) is 0.222. The summed E-state index contributed by atoms with van der Waals surface area (Å²) in [6.07, 6.45) is 0. The summed E-state index contributed by atoms with van der Waals surface area (Å²) >= 11 is 0. The topological polar surface area (TPSA) is 49.3 Å². The Kier molecular flexibility index (Phi) is 1.44. The lowest BCUT2D eigenvalue weighted by molar-refractivity contribution is -0.131. The molecule has 68 valence electrons. The summed E-state index contributed by atoms with van der Waals surface area (Å²) in [5.41, 5.74) is -0.855. The van der Waals surface area contributed by atoms with Crippen molar-refractivity contribution in [3.8, 4) is 0 Å². The van der Waals surface area contributed by atoms with E-state index in [4.69, 9.17) is 0 Å². The first-order chi connectivity index (χ1) is 6.01. The van der Waals surface area contributed by atoms with E-state index in [0.29, 0.717) is 5.69 Å². The fourth-order valence-electron chi connectivity index (χ4n) is 1.39. The quantitative estimate of drug-likeness (QED) is 0.627. The van der Waals surface area contributed by atoms with E-state index in [1.807, 2.05) is 0 Å². The third kappa shape index (κ3) is 1.02. The number of benzene rings is 1. The number of carbonyl (C=O) groups is 1. The molecule has 1 aromatic carbocycles. The Morgan fingerprint density at radius 2 is 2.23 bits per heavy atom. The molecule has 0 spiro atoms. The van der Waals surface area contributed by atoms with Crippen LogP contribution in [0.1, 0.15) is 12.5 Å². The molecular weight excluding hydrogens is 173 g/mol. The van der Waals surface area contributed by atoms with E-state index in [1.54, 1.807) is 0 Å². The van der Waals surface area contributed by atoms with Crippen molar-refractivity contribution >= 4 is 11.6 Å². The summed E-state index contributed by atoms with van der Waals surface area (Å²) in [6, 6.07) is 3.83. The van der Waals surface area contributed by atoms with Crippen LogP contribution in [0.25, 0.3) is 0 Å². The van der Waals surface area contributed by atoms with Gasteiger partial charge >= 0.3 is 0 Å². The maximum Gasteiger partial charge on any atom is 0.260 e. The molecule has 0 fully saturated rings. The largest absolute Gasteiger partial charge is 0.375 e. The minimum absolute atomic E-state index is 0.289. The van der Waals surface area contributed by atoms with Gasteiger partial charge in [-0.1, -0.05) is 0 Å². The Hall–Kier alpha value is -1.42. The molecule has 13 heavy (non-hydrogen) atoms. The van der Waals surface area contributed by atoms with Crippen LogP contribution < -0.4 is 5.32 Å². The van der Waals surface area contributed by atoms with Crippen molar-refractivity contribution in [2.75, 3.05) is 5.32 Å². The van der Waals surface area contributed by atoms with Crippen molar-refractivity contribution in [1.29, 1.82) is 0 Å². The van der Waals surface area contributed by atoms with Gasteiger partial charge in [0, 0.05) is 11.3 Å². The average Bonchev–Trinajstić information content (AvgIpc) is 2.27. The lowest BCUT2D eigenvalue weighted by Crippen LogP contribution is -2.30. The van der Waals surface area contributed by atoms with Crippen LogP contribution in [0, 0.1) is 5.82 Å². The van der Waals surface area contributed by atoms with Gasteiger partial charge in [0.25, 0.3) is 5.91 Å². The highest BCUT2D eigenvalue weighted by Crippen LogP contribution is 2.35. The maximum absolute atomic E-state index is 12.8. The van der Waals surface area contributed by atoms with Gasteiger partial charge in [0.1, 0.15) is 5.82 Å². The highest BCUT2D eigenvalue weighted by molar-refractivity contribution is 6.04. The zero-order valence-corrected chi connectivity index (χ0v) is 6.97. The lowest BCUT2D eigenvalue weighted by Gasteiger charge is -2.13. The molecule has 0 radical (unpaired) electrons.